The highest BCUT2D eigenvalue weighted by Gasteiger charge is 2.33. The van der Waals surface area contributed by atoms with Crippen LogP contribution in [0.5, 0.6) is 11.5 Å². The minimum absolute atomic E-state index is 0.00549. The first kappa shape index (κ1) is 17.6. The number of hydrogen-bond acceptors (Lipinski definition) is 4. The summed E-state index contributed by atoms with van der Waals surface area (Å²) in [6, 6.07) is 5.95. The third-order valence-electron chi connectivity index (χ3n) is 5.28. The number of aryl methyl sites for hydroxylation is 2. The Bertz CT molecular complexity index is 896. The molecule has 1 N–H and O–H groups in total. The molecule has 1 amide bonds. The van der Waals surface area contributed by atoms with E-state index in [-0.39, 0.29) is 11.9 Å². The van der Waals surface area contributed by atoms with Crippen molar-refractivity contribution >= 4 is 12.0 Å². The van der Waals surface area contributed by atoms with Gasteiger partial charge in [0.1, 0.15) is 13.2 Å². The molecule has 6 heteroatoms. The quantitative estimate of drug-likeness (QED) is 0.825. The number of nitrogens with zero attached hydrogens (tertiary/aromatic N) is 2. The Morgan fingerprint density at radius 3 is 2.67 bits per heavy atom. The normalized spacial score (nSPS) is 17.1. The summed E-state index contributed by atoms with van der Waals surface area (Å²) in [5.74, 6) is 1.92. The largest absolute Gasteiger partial charge is 0.486 e. The van der Waals surface area contributed by atoms with Crippen LogP contribution in [0.4, 0.5) is 0 Å². The van der Waals surface area contributed by atoms with E-state index < -0.39 is 0 Å². The van der Waals surface area contributed by atoms with Crippen molar-refractivity contribution in [3.05, 3.63) is 46.8 Å². The number of rotatable bonds is 5. The topological polar surface area (TPSA) is 65.4 Å². The van der Waals surface area contributed by atoms with E-state index >= 15 is 0 Å². The van der Waals surface area contributed by atoms with E-state index in [0.29, 0.717) is 19.1 Å². The lowest BCUT2D eigenvalue weighted by Crippen LogP contribution is -2.28. The van der Waals surface area contributed by atoms with E-state index in [1.165, 1.54) is 0 Å². The van der Waals surface area contributed by atoms with Crippen molar-refractivity contribution in [1.29, 1.82) is 0 Å². The third kappa shape index (κ3) is 3.70. The Labute approximate surface area is 159 Å². The molecular weight excluding hydrogens is 342 g/mol. The summed E-state index contributed by atoms with van der Waals surface area (Å²) in [7, 11) is 1.91. The predicted molar refractivity (Wildman–Crippen MR) is 103 cm³/mol. The molecule has 1 aliphatic heterocycles. The van der Waals surface area contributed by atoms with Gasteiger partial charge in [0, 0.05) is 24.4 Å². The van der Waals surface area contributed by atoms with E-state index in [4.69, 9.17) is 9.47 Å². The average molecular weight is 367 g/mol. The number of ether oxygens (including phenoxy) is 2. The molecule has 1 atom stereocenters. The van der Waals surface area contributed by atoms with Crippen LogP contribution in [-0.2, 0) is 11.8 Å². The van der Waals surface area contributed by atoms with Crippen LogP contribution in [0.2, 0.25) is 0 Å². The van der Waals surface area contributed by atoms with Gasteiger partial charge < -0.3 is 14.8 Å². The summed E-state index contributed by atoms with van der Waals surface area (Å²) in [6.45, 7) is 5.09. The second-order valence-corrected chi connectivity index (χ2v) is 7.27. The zero-order chi connectivity index (χ0) is 19.0. The van der Waals surface area contributed by atoms with Crippen molar-refractivity contribution < 1.29 is 14.3 Å². The van der Waals surface area contributed by atoms with Crippen molar-refractivity contribution in [2.75, 3.05) is 13.2 Å². The number of carbonyl (C=O) groups is 1. The highest BCUT2D eigenvalue weighted by atomic mass is 16.6. The van der Waals surface area contributed by atoms with E-state index in [1.54, 1.807) is 6.08 Å². The van der Waals surface area contributed by atoms with E-state index in [9.17, 15) is 4.79 Å². The molecule has 2 aliphatic rings. The molecule has 2 aromatic rings. The fourth-order valence-electron chi connectivity index (χ4n) is 3.55. The molecule has 2 heterocycles. The lowest BCUT2D eigenvalue weighted by atomic mass is 10.0. The molecule has 1 aliphatic carbocycles. The maximum absolute atomic E-state index is 12.6. The van der Waals surface area contributed by atoms with Gasteiger partial charge in [0.15, 0.2) is 11.5 Å². The van der Waals surface area contributed by atoms with Crippen LogP contribution in [0.3, 0.4) is 0 Å². The van der Waals surface area contributed by atoms with Crippen molar-refractivity contribution in [3.8, 4) is 11.5 Å². The van der Waals surface area contributed by atoms with Gasteiger partial charge in [-0.3, -0.25) is 9.48 Å². The van der Waals surface area contributed by atoms with Gasteiger partial charge in [0.05, 0.1) is 11.7 Å². The van der Waals surface area contributed by atoms with Gasteiger partial charge in [-0.05, 0) is 56.4 Å². The molecule has 0 saturated heterocycles. The van der Waals surface area contributed by atoms with Gasteiger partial charge in [-0.15, -0.1) is 0 Å². The number of aromatic nitrogens is 2. The molecule has 6 nitrogen and oxygen atoms in total. The molecule has 1 unspecified atom stereocenters. The Balaban J connectivity index is 1.50. The predicted octanol–water partition coefficient (Wildman–Crippen LogP) is 3.09. The number of fused-ring (bicyclic) bond motifs is 1. The van der Waals surface area contributed by atoms with Crippen LogP contribution < -0.4 is 14.8 Å². The fourth-order valence-corrected chi connectivity index (χ4v) is 3.55. The minimum atomic E-state index is -0.0931. The first-order valence-corrected chi connectivity index (χ1v) is 9.41. The third-order valence-corrected chi connectivity index (χ3v) is 5.28. The highest BCUT2D eigenvalue weighted by molar-refractivity contribution is 5.92. The lowest BCUT2D eigenvalue weighted by Gasteiger charge is -2.22. The molecule has 4 rings (SSSR count). The molecule has 0 radical (unpaired) electrons. The molecule has 142 valence electrons. The molecule has 1 fully saturated rings. The van der Waals surface area contributed by atoms with Crippen LogP contribution in [-0.4, -0.2) is 28.9 Å². The average Bonchev–Trinajstić information content (AvgIpc) is 3.47. The number of nitrogens with one attached hydrogen (secondary N) is 1. The van der Waals surface area contributed by atoms with Crippen molar-refractivity contribution in [3.63, 3.8) is 0 Å². The second kappa shape index (κ2) is 7.10. The molecular formula is C21H25N3O3. The van der Waals surface area contributed by atoms with E-state index in [1.807, 2.05) is 49.9 Å². The van der Waals surface area contributed by atoms with Crippen molar-refractivity contribution in [2.45, 2.75) is 32.7 Å². The first-order chi connectivity index (χ1) is 13.0. The minimum Gasteiger partial charge on any atom is -0.486 e. The second-order valence-electron chi connectivity index (χ2n) is 7.27. The lowest BCUT2D eigenvalue weighted by molar-refractivity contribution is -0.117. The molecule has 1 aromatic heterocycles. The number of carbonyl (C=O) groups excluding carboxylic acids is 1. The Kier molecular flexibility index (Phi) is 4.64. The van der Waals surface area contributed by atoms with Gasteiger partial charge in [-0.25, -0.2) is 0 Å². The summed E-state index contributed by atoms with van der Waals surface area (Å²) in [6.07, 6.45) is 5.71. The van der Waals surface area contributed by atoms with Gasteiger partial charge in [0.2, 0.25) is 5.91 Å². The van der Waals surface area contributed by atoms with E-state index in [2.05, 4.69) is 10.4 Å². The smallest absolute Gasteiger partial charge is 0.244 e. The summed E-state index contributed by atoms with van der Waals surface area (Å²) >= 11 is 0. The molecule has 0 spiro atoms. The van der Waals surface area contributed by atoms with Crippen LogP contribution >= 0.6 is 0 Å². The number of benzene rings is 1. The Morgan fingerprint density at radius 1 is 1.26 bits per heavy atom. The fraction of sp³-hybridized carbons (Fsp3) is 0.429. The molecule has 27 heavy (non-hydrogen) atoms. The number of amides is 1. The van der Waals surface area contributed by atoms with Crippen molar-refractivity contribution in [1.82, 2.24) is 15.1 Å². The zero-order valence-electron chi connectivity index (χ0n) is 16.0. The van der Waals surface area contributed by atoms with Crippen molar-refractivity contribution in [2.24, 2.45) is 13.0 Å². The standard InChI is InChI=1S/C21H25N3O3/c1-13-17(14(2)24(3)23-13)7-9-20(25)22-21(15-4-5-15)16-6-8-18-19(12-16)27-11-10-26-18/h6-9,12,15,21H,4-5,10-11H2,1-3H3,(H,22,25). The van der Waals surface area contributed by atoms with Gasteiger partial charge in [-0.2, -0.15) is 5.10 Å². The summed E-state index contributed by atoms with van der Waals surface area (Å²) < 4.78 is 13.1. The molecule has 1 saturated carbocycles. The maximum Gasteiger partial charge on any atom is 0.244 e. The highest BCUT2D eigenvalue weighted by Crippen LogP contribution is 2.43. The maximum atomic E-state index is 12.6. The summed E-state index contributed by atoms with van der Waals surface area (Å²) in [4.78, 5) is 12.6. The monoisotopic (exact) mass is 367 g/mol. The molecule has 1 aromatic carbocycles. The Hall–Kier alpha value is -2.76. The Morgan fingerprint density at radius 2 is 2.00 bits per heavy atom. The van der Waals surface area contributed by atoms with Gasteiger partial charge >= 0.3 is 0 Å². The SMILES string of the molecule is Cc1nn(C)c(C)c1C=CC(=O)NC(c1ccc2c(c1)OCCO2)C1CC1. The van der Waals surface area contributed by atoms with Gasteiger partial charge in [0.25, 0.3) is 0 Å². The zero-order valence-corrected chi connectivity index (χ0v) is 16.0. The van der Waals surface area contributed by atoms with Crippen LogP contribution in [0, 0.1) is 19.8 Å². The first-order valence-electron chi connectivity index (χ1n) is 9.41. The van der Waals surface area contributed by atoms with Crippen LogP contribution in [0.15, 0.2) is 24.3 Å². The summed E-state index contributed by atoms with van der Waals surface area (Å²) in [5.41, 5.74) is 4.03. The summed E-state index contributed by atoms with van der Waals surface area (Å²) in [5, 5.41) is 7.55. The van der Waals surface area contributed by atoms with Crippen LogP contribution in [0.25, 0.3) is 6.08 Å². The van der Waals surface area contributed by atoms with E-state index in [0.717, 1.165) is 46.9 Å². The number of hydrogen-bond donors (Lipinski definition) is 1. The van der Waals surface area contributed by atoms with Crippen LogP contribution in [0.1, 0.15) is 41.4 Å². The van der Waals surface area contributed by atoms with Gasteiger partial charge in [-0.1, -0.05) is 6.07 Å². The molecule has 0 bridgehead atoms.